The SMILES string of the molecule is CC(C)[C@H](CO)NCc1nc(Br)ccc1F.O=Cc1nc(Br)ccc1F. The summed E-state index contributed by atoms with van der Waals surface area (Å²) in [6.07, 6.45) is 0.375. The van der Waals surface area contributed by atoms with E-state index in [0.717, 1.165) is 0 Å². The van der Waals surface area contributed by atoms with Gasteiger partial charge < -0.3 is 10.4 Å². The van der Waals surface area contributed by atoms with E-state index in [4.69, 9.17) is 5.11 Å². The number of halogens is 4. The second-order valence-electron chi connectivity index (χ2n) is 5.60. The van der Waals surface area contributed by atoms with Crippen molar-refractivity contribution in [3.05, 3.63) is 56.5 Å². The van der Waals surface area contributed by atoms with Gasteiger partial charge in [0.25, 0.3) is 0 Å². The molecule has 0 aliphatic rings. The summed E-state index contributed by atoms with van der Waals surface area (Å²) < 4.78 is 26.9. The number of aliphatic hydroxyl groups excluding tert-OH is 1. The van der Waals surface area contributed by atoms with Crippen LogP contribution in [-0.4, -0.2) is 34.0 Å². The summed E-state index contributed by atoms with van der Waals surface area (Å²) in [5.41, 5.74) is 0.183. The normalized spacial score (nSPS) is 11.7. The zero-order chi connectivity index (χ0) is 19.7. The largest absolute Gasteiger partial charge is 0.395 e. The van der Waals surface area contributed by atoms with E-state index in [1.54, 1.807) is 6.07 Å². The summed E-state index contributed by atoms with van der Waals surface area (Å²) in [6.45, 7) is 4.35. The minimum Gasteiger partial charge on any atom is -0.395 e. The average molecular weight is 495 g/mol. The van der Waals surface area contributed by atoms with Gasteiger partial charge in [-0.05, 0) is 62.0 Å². The van der Waals surface area contributed by atoms with Crippen LogP contribution < -0.4 is 5.32 Å². The lowest BCUT2D eigenvalue weighted by Crippen LogP contribution is -2.36. The number of pyridine rings is 2. The van der Waals surface area contributed by atoms with Crippen molar-refractivity contribution in [3.63, 3.8) is 0 Å². The van der Waals surface area contributed by atoms with Crippen molar-refractivity contribution in [3.8, 4) is 0 Å². The first-order valence-electron chi connectivity index (χ1n) is 7.70. The predicted octanol–water partition coefficient (Wildman–Crippen LogP) is 3.89. The van der Waals surface area contributed by atoms with Crippen molar-refractivity contribution >= 4 is 38.1 Å². The molecule has 2 aromatic heterocycles. The van der Waals surface area contributed by atoms with Gasteiger partial charge in [-0.15, -0.1) is 0 Å². The van der Waals surface area contributed by atoms with Crippen LogP contribution in [0.2, 0.25) is 0 Å². The van der Waals surface area contributed by atoms with Gasteiger partial charge >= 0.3 is 0 Å². The maximum Gasteiger partial charge on any atom is 0.171 e. The molecule has 2 N–H and O–H groups in total. The third-order valence-corrected chi connectivity index (χ3v) is 4.25. The van der Waals surface area contributed by atoms with Crippen LogP contribution in [0.1, 0.15) is 30.0 Å². The van der Waals surface area contributed by atoms with Crippen molar-refractivity contribution in [1.82, 2.24) is 15.3 Å². The van der Waals surface area contributed by atoms with Crippen molar-refractivity contribution in [2.24, 2.45) is 5.92 Å². The highest BCUT2D eigenvalue weighted by molar-refractivity contribution is 9.10. The molecule has 2 rings (SSSR count). The molecule has 0 bridgehead atoms. The highest BCUT2D eigenvalue weighted by Crippen LogP contribution is 2.11. The first kappa shape index (κ1) is 22.8. The van der Waals surface area contributed by atoms with Gasteiger partial charge in [-0.1, -0.05) is 13.8 Å². The molecule has 142 valence electrons. The Kier molecular flexibility index (Phi) is 10.0. The van der Waals surface area contributed by atoms with Gasteiger partial charge in [-0.2, -0.15) is 0 Å². The van der Waals surface area contributed by atoms with Crippen LogP contribution in [0.4, 0.5) is 8.78 Å². The Bertz CT molecular complexity index is 733. The zero-order valence-corrected chi connectivity index (χ0v) is 17.4. The van der Waals surface area contributed by atoms with Gasteiger partial charge in [0.2, 0.25) is 0 Å². The second-order valence-corrected chi connectivity index (χ2v) is 7.22. The molecule has 0 unspecified atom stereocenters. The Balaban J connectivity index is 0.000000289. The molecule has 2 heterocycles. The molecule has 9 heteroatoms. The van der Waals surface area contributed by atoms with Crippen LogP contribution >= 0.6 is 31.9 Å². The number of carbonyl (C=O) groups excluding carboxylic acids is 1. The van der Waals surface area contributed by atoms with Crippen LogP contribution in [0.3, 0.4) is 0 Å². The van der Waals surface area contributed by atoms with E-state index < -0.39 is 5.82 Å². The highest BCUT2D eigenvalue weighted by atomic mass is 79.9. The first-order valence-corrected chi connectivity index (χ1v) is 9.29. The molecular formula is C17H19Br2F2N3O2. The van der Waals surface area contributed by atoms with Crippen LogP contribution in [0.25, 0.3) is 0 Å². The Morgan fingerprint density at radius 3 is 2.19 bits per heavy atom. The molecule has 0 aliphatic carbocycles. The zero-order valence-electron chi connectivity index (χ0n) is 14.2. The number of aromatic nitrogens is 2. The van der Waals surface area contributed by atoms with Crippen LogP contribution in [0.15, 0.2) is 33.5 Å². The number of hydrogen-bond acceptors (Lipinski definition) is 5. The summed E-state index contributed by atoms with van der Waals surface area (Å²) in [4.78, 5) is 17.7. The van der Waals surface area contributed by atoms with Gasteiger partial charge in [0.15, 0.2) is 12.1 Å². The minimum atomic E-state index is -0.599. The summed E-state index contributed by atoms with van der Waals surface area (Å²) in [5.74, 6) is -0.644. The van der Waals surface area contributed by atoms with Gasteiger partial charge in [0, 0.05) is 12.6 Å². The molecule has 0 amide bonds. The quantitative estimate of drug-likeness (QED) is 0.470. The van der Waals surface area contributed by atoms with Crippen molar-refractivity contribution in [2.45, 2.75) is 26.4 Å². The van der Waals surface area contributed by atoms with Crippen LogP contribution in [0.5, 0.6) is 0 Å². The number of rotatable bonds is 6. The molecule has 5 nitrogen and oxygen atoms in total. The lowest BCUT2D eigenvalue weighted by atomic mass is 10.1. The molecule has 2 aromatic rings. The van der Waals surface area contributed by atoms with Crippen molar-refractivity contribution in [1.29, 1.82) is 0 Å². The fraction of sp³-hybridized carbons (Fsp3) is 0.353. The van der Waals surface area contributed by atoms with E-state index >= 15 is 0 Å². The maximum atomic E-state index is 13.3. The molecule has 0 saturated carbocycles. The Hall–Kier alpha value is -1.29. The monoisotopic (exact) mass is 493 g/mol. The third kappa shape index (κ3) is 7.53. The summed E-state index contributed by atoms with van der Waals surface area (Å²) >= 11 is 6.19. The molecule has 0 aliphatic heterocycles. The number of nitrogens with zero attached hydrogens (tertiary/aromatic N) is 2. The Labute approximate surface area is 167 Å². The molecule has 0 aromatic carbocycles. The second kappa shape index (κ2) is 11.4. The van der Waals surface area contributed by atoms with E-state index in [9.17, 15) is 13.6 Å². The summed E-state index contributed by atoms with van der Waals surface area (Å²) in [5, 5.41) is 12.2. The lowest BCUT2D eigenvalue weighted by molar-refractivity contribution is 0.111. The topological polar surface area (TPSA) is 75.1 Å². The third-order valence-electron chi connectivity index (χ3n) is 3.37. The first-order chi connectivity index (χ1) is 12.3. The number of nitrogens with one attached hydrogen (secondary N) is 1. The van der Waals surface area contributed by atoms with Gasteiger partial charge in [0.1, 0.15) is 20.7 Å². The minimum absolute atomic E-state index is 0.0350. The molecule has 0 spiro atoms. The van der Waals surface area contributed by atoms with E-state index in [1.807, 2.05) is 13.8 Å². The number of hydrogen-bond donors (Lipinski definition) is 2. The van der Waals surface area contributed by atoms with E-state index in [2.05, 4.69) is 47.1 Å². The summed E-state index contributed by atoms with van der Waals surface area (Å²) in [6, 6.07) is 5.51. The predicted molar refractivity (Wildman–Crippen MR) is 102 cm³/mol. The maximum absolute atomic E-state index is 13.3. The number of aldehydes is 1. The van der Waals surface area contributed by atoms with E-state index in [0.29, 0.717) is 33.6 Å². The van der Waals surface area contributed by atoms with Crippen molar-refractivity contribution in [2.75, 3.05) is 6.61 Å². The molecule has 0 radical (unpaired) electrons. The fourth-order valence-electron chi connectivity index (χ4n) is 1.84. The van der Waals surface area contributed by atoms with Crippen molar-refractivity contribution < 1.29 is 18.7 Å². The molecule has 1 atom stereocenters. The average Bonchev–Trinajstić information content (AvgIpc) is 2.60. The van der Waals surface area contributed by atoms with Gasteiger partial charge in [0.05, 0.1) is 12.3 Å². The highest BCUT2D eigenvalue weighted by Gasteiger charge is 2.13. The Morgan fingerprint density at radius 1 is 1.12 bits per heavy atom. The molecule has 0 saturated heterocycles. The van der Waals surface area contributed by atoms with Gasteiger partial charge in [-0.3, -0.25) is 4.79 Å². The number of aliphatic hydroxyl groups is 1. The summed E-state index contributed by atoms with van der Waals surface area (Å²) in [7, 11) is 0. The molecule has 26 heavy (non-hydrogen) atoms. The molecular weight excluding hydrogens is 476 g/mol. The smallest absolute Gasteiger partial charge is 0.171 e. The Morgan fingerprint density at radius 2 is 1.69 bits per heavy atom. The fourth-order valence-corrected chi connectivity index (χ4v) is 2.51. The lowest BCUT2D eigenvalue weighted by Gasteiger charge is -2.19. The molecule has 0 fully saturated rings. The number of carbonyl (C=O) groups is 1. The standard InChI is InChI=1S/C11H16BrFN2O.C6H3BrFNO/c1-7(2)10(6-16)14-5-9-8(13)3-4-11(12)15-9;7-6-2-1-4(8)5(3-10)9-6/h3-4,7,10,14,16H,5-6H2,1-2H3;1-3H/t10-;/m0./s1. The van der Waals surface area contributed by atoms with Gasteiger partial charge in [-0.25, -0.2) is 18.7 Å². The van der Waals surface area contributed by atoms with E-state index in [-0.39, 0.29) is 24.2 Å². The van der Waals surface area contributed by atoms with Crippen LogP contribution in [0, 0.1) is 17.6 Å². The van der Waals surface area contributed by atoms with Crippen LogP contribution in [-0.2, 0) is 6.54 Å². The van der Waals surface area contributed by atoms with E-state index in [1.165, 1.54) is 18.2 Å².